The van der Waals surface area contributed by atoms with E-state index in [0.29, 0.717) is 5.69 Å². The Bertz CT molecular complexity index is 643. The Kier molecular flexibility index (Phi) is 3.91. The molecule has 6 heteroatoms. The van der Waals surface area contributed by atoms with Crippen LogP contribution in [0.1, 0.15) is 10.4 Å². The zero-order valence-electron chi connectivity index (χ0n) is 9.67. The number of anilines is 1. The maximum absolute atomic E-state index is 12.0. The number of carbonyl (C=O) groups excluding carboxylic acids is 1. The number of non-ortho nitro benzene ring substituents is 1. The van der Waals surface area contributed by atoms with Gasteiger partial charge in [0.1, 0.15) is 0 Å². The van der Waals surface area contributed by atoms with Gasteiger partial charge in [0.2, 0.25) is 0 Å². The molecule has 0 fully saturated rings. The smallest absolute Gasteiger partial charge is 0.270 e. The molecular weight excluding hydrogens is 312 g/mol. The van der Waals surface area contributed by atoms with Gasteiger partial charge >= 0.3 is 0 Å². The van der Waals surface area contributed by atoms with E-state index < -0.39 is 10.8 Å². The van der Waals surface area contributed by atoms with E-state index in [2.05, 4.69) is 21.2 Å². The lowest BCUT2D eigenvalue weighted by Gasteiger charge is -2.06. The summed E-state index contributed by atoms with van der Waals surface area (Å²) in [6, 6.07) is 12.7. The second-order valence-corrected chi connectivity index (χ2v) is 4.60. The lowest BCUT2D eigenvalue weighted by molar-refractivity contribution is -0.384. The zero-order valence-corrected chi connectivity index (χ0v) is 11.3. The summed E-state index contributed by atoms with van der Waals surface area (Å²) in [4.78, 5) is 22.1. The number of nitrogens with zero attached hydrogens (tertiary/aromatic N) is 1. The number of para-hydroxylation sites is 1. The Hall–Kier alpha value is -2.21. The van der Waals surface area contributed by atoms with Crippen LogP contribution in [0.15, 0.2) is 53.0 Å². The lowest BCUT2D eigenvalue weighted by Crippen LogP contribution is -2.12. The summed E-state index contributed by atoms with van der Waals surface area (Å²) in [5, 5.41) is 13.3. The fourth-order valence-electron chi connectivity index (χ4n) is 1.52. The predicted octanol–water partition coefficient (Wildman–Crippen LogP) is 3.61. The first-order valence-electron chi connectivity index (χ1n) is 5.38. The van der Waals surface area contributed by atoms with Crippen molar-refractivity contribution in [3.05, 3.63) is 68.7 Å². The molecule has 1 amide bonds. The average Bonchev–Trinajstić information content (AvgIpc) is 2.41. The van der Waals surface area contributed by atoms with Crippen LogP contribution in [-0.2, 0) is 0 Å². The number of benzene rings is 2. The molecule has 96 valence electrons. The molecule has 0 bridgehead atoms. The first kappa shape index (κ1) is 13.2. The van der Waals surface area contributed by atoms with Crippen LogP contribution in [-0.4, -0.2) is 10.8 Å². The first-order chi connectivity index (χ1) is 9.08. The van der Waals surface area contributed by atoms with Crippen LogP contribution < -0.4 is 5.32 Å². The van der Waals surface area contributed by atoms with Crippen molar-refractivity contribution >= 4 is 33.2 Å². The molecule has 0 spiro atoms. The number of carbonyl (C=O) groups is 1. The summed E-state index contributed by atoms with van der Waals surface area (Å²) in [7, 11) is 0. The van der Waals surface area contributed by atoms with Crippen LogP contribution in [0.25, 0.3) is 0 Å². The van der Waals surface area contributed by atoms with Gasteiger partial charge < -0.3 is 5.32 Å². The van der Waals surface area contributed by atoms with Gasteiger partial charge in [-0.2, -0.15) is 0 Å². The van der Waals surface area contributed by atoms with Gasteiger partial charge in [0, 0.05) is 22.2 Å². The molecule has 2 aromatic rings. The highest BCUT2D eigenvalue weighted by molar-refractivity contribution is 9.10. The van der Waals surface area contributed by atoms with Crippen LogP contribution >= 0.6 is 15.9 Å². The number of amides is 1. The quantitative estimate of drug-likeness (QED) is 0.693. The maximum Gasteiger partial charge on any atom is 0.270 e. The van der Waals surface area contributed by atoms with Gasteiger partial charge in [-0.25, -0.2) is 0 Å². The van der Waals surface area contributed by atoms with Gasteiger partial charge in [-0.05, 0) is 34.1 Å². The molecule has 0 aliphatic carbocycles. The average molecular weight is 321 g/mol. The highest BCUT2D eigenvalue weighted by atomic mass is 79.9. The Morgan fingerprint density at radius 3 is 2.58 bits per heavy atom. The normalized spacial score (nSPS) is 9.95. The van der Waals surface area contributed by atoms with Gasteiger partial charge in [0.25, 0.3) is 11.6 Å². The molecule has 0 aliphatic rings. The van der Waals surface area contributed by atoms with Crippen molar-refractivity contribution in [1.82, 2.24) is 0 Å². The number of nitro benzene ring substituents is 1. The Labute approximate surface area is 117 Å². The van der Waals surface area contributed by atoms with Crippen molar-refractivity contribution in [1.29, 1.82) is 0 Å². The van der Waals surface area contributed by atoms with Gasteiger partial charge in [-0.3, -0.25) is 14.9 Å². The maximum atomic E-state index is 12.0. The molecule has 2 aromatic carbocycles. The van der Waals surface area contributed by atoms with Gasteiger partial charge in [0.05, 0.1) is 10.6 Å². The largest absolute Gasteiger partial charge is 0.321 e. The third-order valence-electron chi connectivity index (χ3n) is 2.44. The first-order valence-corrected chi connectivity index (χ1v) is 6.17. The number of halogens is 1. The fourth-order valence-corrected chi connectivity index (χ4v) is 1.90. The van der Waals surface area contributed by atoms with Crippen LogP contribution in [0, 0.1) is 10.1 Å². The summed E-state index contributed by atoms with van der Waals surface area (Å²) in [6.45, 7) is 0. The van der Waals surface area contributed by atoms with E-state index in [9.17, 15) is 14.9 Å². The molecule has 19 heavy (non-hydrogen) atoms. The Balaban J connectivity index is 2.23. The Morgan fingerprint density at radius 1 is 1.16 bits per heavy atom. The van der Waals surface area contributed by atoms with E-state index in [0.717, 1.165) is 4.47 Å². The second kappa shape index (κ2) is 5.62. The molecule has 0 radical (unpaired) electrons. The molecular formula is C13H9BrN2O3. The van der Waals surface area contributed by atoms with E-state index in [1.807, 2.05) is 6.07 Å². The summed E-state index contributed by atoms with van der Waals surface area (Å²) in [5.74, 6) is -0.393. The molecule has 0 atom stereocenters. The van der Waals surface area contributed by atoms with Crippen molar-refractivity contribution in [2.45, 2.75) is 0 Å². The van der Waals surface area contributed by atoms with Gasteiger partial charge in [-0.15, -0.1) is 0 Å². The van der Waals surface area contributed by atoms with Crippen molar-refractivity contribution in [3.63, 3.8) is 0 Å². The summed E-state index contributed by atoms with van der Waals surface area (Å²) >= 11 is 3.31. The second-order valence-electron chi connectivity index (χ2n) is 3.74. The number of hydrogen-bond donors (Lipinski definition) is 1. The predicted molar refractivity (Wildman–Crippen MR) is 75.2 cm³/mol. The molecule has 0 saturated carbocycles. The highest BCUT2D eigenvalue weighted by Gasteiger charge is 2.12. The minimum atomic E-state index is -0.533. The highest BCUT2D eigenvalue weighted by Crippen LogP contribution is 2.22. The molecule has 0 saturated heterocycles. The van der Waals surface area contributed by atoms with Crippen LogP contribution in [0.5, 0.6) is 0 Å². The minimum Gasteiger partial charge on any atom is -0.321 e. The van der Waals surface area contributed by atoms with Gasteiger partial charge in [0.15, 0.2) is 0 Å². The van der Waals surface area contributed by atoms with E-state index in [1.165, 1.54) is 24.3 Å². The van der Waals surface area contributed by atoms with E-state index in [-0.39, 0.29) is 11.3 Å². The van der Waals surface area contributed by atoms with Crippen LogP contribution in [0.4, 0.5) is 11.4 Å². The Morgan fingerprint density at radius 2 is 1.89 bits per heavy atom. The third-order valence-corrected chi connectivity index (χ3v) is 3.13. The summed E-state index contributed by atoms with van der Waals surface area (Å²) < 4.78 is 0.744. The van der Waals surface area contributed by atoms with E-state index in [4.69, 9.17) is 0 Å². The van der Waals surface area contributed by atoms with Crippen molar-refractivity contribution < 1.29 is 9.72 Å². The fraction of sp³-hybridized carbons (Fsp3) is 0. The molecule has 5 nitrogen and oxygen atoms in total. The molecule has 0 aliphatic heterocycles. The third kappa shape index (κ3) is 3.17. The molecule has 1 N–H and O–H groups in total. The van der Waals surface area contributed by atoms with E-state index >= 15 is 0 Å². The SMILES string of the molecule is O=C(Nc1ccccc1Br)c1cccc([N+](=O)[O-])c1. The lowest BCUT2D eigenvalue weighted by atomic mass is 10.2. The summed E-state index contributed by atoms with van der Waals surface area (Å²) in [5.41, 5.74) is 0.740. The van der Waals surface area contributed by atoms with Crippen LogP contribution in [0.2, 0.25) is 0 Å². The number of hydrogen-bond acceptors (Lipinski definition) is 3. The molecule has 0 aromatic heterocycles. The van der Waals surface area contributed by atoms with Crippen molar-refractivity contribution in [2.24, 2.45) is 0 Å². The molecule has 0 unspecified atom stereocenters. The number of nitrogens with one attached hydrogen (secondary N) is 1. The van der Waals surface area contributed by atoms with Crippen molar-refractivity contribution in [3.8, 4) is 0 Å². The van der Waals surface area contributed by atoms with Gasteiger partial charge in [-0.1, -0.05) is 18.2 Å². The number of rotatable bonds is 3. The molecule has 0 heterocycles. The number of nitro groups is 1. The zero-order chi connectivity index (χ0) is 13.8. The topological polar surface area (TPSA) is 72.2 Å². The minimum absolute atomic E-state index is 0.111. The standard InChI is InChI=1S/C13H9BrN2O3/c14-11-6-1-2-7-12(11)15-13(17)9-4-3-5-10(8-9)16(18)19/h1-8H,(H,15,17). The monoisotopic (exact) mass is 320 g/mol. The molecule has 2 rings (SSSR count). The summed E-state index contributed by atoms with van der Waals surface area (Å²) in [6.07, 6.45) is 0. The van der Waals surface area contributed by atoms with Crippen molar-refractivity contribution in [2.75, 3.05) is 5.32 Å². The van der Waals surface area contributed by atoms with Crippen LogP contribution in [0.3, 0.4) is 0 Å². The van der Waals surface area contributed by atoms with E-state index in [1.54, 1.807) is 18.2 Å².